The smallest absolute Gasteiger partial charge is 0.133 e. The number of hydrogen-bond donors (Lipinski definition) is 1. The molecule has 0 aliphatic heterocycles. The summed E-state index contributed by atoms with van der Waals surface area (Å²) < 4.78 is 0.706. The van der Waals surface area contributed by atoms with Crippen LogP contribution in [0.3, 0.4) is 0 Å². The summed E-state index contributed by atoms with van der Waals surface area (Å²) in [7, 11) is 0. The molecule has 1 nitrogen and oxygen atoms in total. The van der Waals surface area contributed by atoms with Crippen LogP contribution in [-0.4, -0.2) is 5.11 Å². The molecule has 86 valence electrons. The number of allylic oxidation sites excluding steroid dienone is 1. The predicted octanol–water partition coefficient (Wildman–Crippen LogP) is 4.47. The van der Waals surface area contributed by atoms with Gasteiger partial charge in [-0.25, -0.2) is 0 Å². The molecule has 2 heteroatoms. The summed E-state index contributed by atoms with van der Waals surface area (Å²) in [5.74, 6) is 0.287. The molecule has 0 aliphatic rings. The quantitative estimate of drug-likeness (QED) is 0.826. The summed E-state index contributed by atoms with van der Waals surface area (Å²) in [6.07, 6.45) is 1.84. The third kappa shape index (κ3) is 2.42. The van der Waals surface area contributed by atoms with E-state index in [2.05, 4.69) is 22.5 Å². The molecule has 1 N–H and O–H groups in total. The van der Waals surface area contributed by atoms with E-state index in [0.717, 1.165) is 11.1 Å². The highest BCUT2D eigenvalue weighted by molar-refractivity contribution is 9.10. The van der Waals surface area contributed by atoms with E-state index in [1.165, 1.54) is 0 Å². The Hall–Kier alpha value is -1.54. The lowest BCUT2D eigenvalue weighted by Crippen LogP contribution is -1.97. The molecule has 0 saturated carbocycles. The van der Waals surface area contributed by atoms with Crippen molar-refractivity contribution in [1.29, 1.82) is 0 Å². The van der Waals surface area contributed by atoms with Gasteiger partial charge in [-0.1, -0.05) is 48.5 Å². The number of benzene rings is 2. The van der Waals surface area contributed by atoms with E-state index in [1.807, 2.05) is 54.6 Å². The van der Waals surface area contributed by atoms with Gasteiger partial charge < -0.3 is 5.11 Å². The average molecular weight is 289 g/mol. The monoisotopic (exact) mass is 288 g/mol. The van der Waals surface area contributed by atoms with Crippen LogP contribution in [0.25, 0.3) is 0 Å². The lowest BCUT2D eigenvalue weighted by Gasteiger charge is -2.15. The van der Waals surface area contributed by atoms with Gasteiger partial charge in [-0.15, -0.1) is 6.58 Å². The number of hydrogen-bond acceptors (Lipinski definition) is 1. The minimum Gasteiger partial charge on any atom is -0.506 e. The molecule has 0 fully saturated rings. The molecule has 0 aliphatic carbocycles. The number of para-hydroxylation sites is 1. The molecular formula is C15H13BrO. The van der Waals surface area contributed by atoms with Crippen LogP contribution in [0.5, 0.6) is 5.75 Å². The molecule has 2 rings (SSSR count). The third-order valence-electron chi connectivity index (χ3n) is 2.75. The first-order valence-corrected chi connectivity index (χ1v) is 6.18. The van der Waals surface area contributed by atoms with E-state index in [0.29, 0.717) is 4.47 Å². The lowest BCUT2D eigenvalue weighted by atomic mass is 9.91. The van der Waals surface area contributed by atoms with E-state index >= 15 is 0 Å². The summed E-state index contributed by atoms with van der Waals surface area (Å²) in [4.78, 5) is 0. The van der Waals surface area contributed by atoms with Crippen molar-refractivity contribution < 1.29 is 5.11 Å². The van der Waals surface area contributed by atoms with Gasteiger partial charge in [0, 0.05) is 11.5 Å². The van der Waals surface area contributed by atoms with Crippen LogP contribution in [0.1, 0.15) is 17.0 Å². The van der Waals surface area contributed by atoms with Crippen molar-refractivity contribution in [3.63, 3.8) is 0 Å². The van der Waals surface area contributed by atoms with E-state index in [1.54, 1.807) is 0 Å². The van der Waals surface area contributed by atoms with Gasteiger partial charge >= 0.3 is 0 Å². The first-order valence-electron chi connectivity index (χ1n) is 5.39. The number of phenols is 1. The first-order chi connectivity index (χ1) is 8.24. The van der Waals surface area contributed by atoms with Crippen molar-refractivity contribution in [2.24, 2.45) is 0 Å². The molecule has 0 aromatic heterocycles. The van der Waals surface area contributed by atoms with Gasteiger partial charge in [0.1, 0.15) is 5.75 Å². The molecule has 0 bridgehead atoms. The van der Waals surface area contributed by atoms with Gasteiger partial charge in [-0.3, -0.25) is 0 Å². The zero-order chi connectivity index (χ0) is 12.3. The molecular weight excluding hydrogens is 276 g/mol. The van der Waals surface area contributed by atoms with E-state index in [-0.39, 0.29) is 11.7 Å². The third-order valence-corrected chi connectivity index (χ3v) is 3.39. The van der Waals surface area contributed by atoms with Crippen LogP contribution in [0.15, 0.2) is 65.7 Å². The number of phenolic OH excluding ortho intramolecular Hbond substituents is 1. The Balaban J connectivity index is 2.50. The molecule has 0 radical (unpaired) electrons. The maximum atomic E-state index is 10.1. The van der Waals surface area contributed by atoms with Gasteiger partial charge in [0.15, 0.2) is 0 Å². The summed E-state index contributed by atoms with van der Waals surface area (Å²) in [6, 6.07) is 15.7. The van der Waals surface area contributed by atoms with Gasteiger partial charge in [-0.05, 0) is 27.6 Å². The van der Waals surface area contributed by atoms with Crippen LogP contribution >= 0.6 is 15.9 Å². The second kappa shape index (κ2) is 5.19. The average Bonchev–Trinajstić information content (AvgIpc) is 2.37. The zero-order valence-corrected chi connectivity index (χ0v) is 10.9. The van der Waals surface area contributed by atoms with Gasteiger partial charge in [0.05, 0.1) is 4.47 Å². The van der Waals surface area contributed by atoms with Crippen LogP contribution in [-0.2, 0) is 0 Å². The highest BCUT2D eigenvalue weighted by Gasteiger charge is 2.15. The summed E-state index contributed by atoms with van der Waals surface area (Å²) in [5.41, 5.74) is 1.98. The van der Waals surface area contributed by atoms with Crippen LogP contribution in [0, 0.1) is 0 Å². The topological polar surface area (TPSA) is 20.2 Å². The fourth-order valence-electron chi connectivity index (χ4n) is 1.89. The number of halogens is 1. The van der Waals surface area contributed by atoms with Crippen molar-refractivity contribution in [1.82, 2.24) is 0 Å². The Bertz CT molecular complexity index is 520. The Morgan fingerprint density at radius 2 is 1.76 bits per heavy atom. The highest BCUT2D eigenvalue weighted by Crippen LogP contribution is 2.36. The minimum absolute atomic E-state index is 0.00806. The van der Waals surface area contributed by atoms with Crippen molar-refractivity contribution in [3.05, 3.63) is 76.8 Å². The van der Waals surface area contributed by atoms with Crippen molar-refractivity contribution >= 4 is 15.9 Å². The maximum Gasteiger partial charge on any atom is 0.133 e. The molecule has 0 spiro atoms. The molecule has 2 aromatic carbocycles. The van der Waals surface area contributed by atoms with Crippen molar-refractivity contribution in [2.75, 3.05) is 0 Å². The molecule has 0 saturated heterocycles. The standard InChI is InChI=1S/C15H13BrO/c1-2-12(11-7-4-3-5-8-11)13-9-6-10-14(16)15(13)17/h2-10,12,17H,1H2. The molecule has 1 atom stereocenters. The lowest BCUT2D eigenvalue weighted by molar-refractivity contribution is 0.464. The Kier molecular flexibility index (Phi) is 3.64. The SMILES string of the molecule is C=CC(c1ccccc1)c1cccc(Br)c1O. The van der Waals surface area contributed by atoms with E-state index < -0.39 is 0 Å². The summed E-state index contributed by atoms with van der Waals surface area (Å²) in [5, 5.41) is 10.1. The second-order valence-corrected chi connectivity index (χ2v) is 4.66. The fourth-order valence-corrected chi connectivity index (χ4v) is 2.27. The normalized spacial score (nSPS) is 12.1. The van der Waals surface area contributed by atoms with E-state index in [4.69, 9.17) is 0 Å². The largest absolute Gasteiger partial charge is 0.506 e. The van der Waals surface area contributed by atoms with Crippen LogP contribution < -0.4 is 0 Å². The summed E-state index contributed by atoms with van der Waals surface area (Å²) >= 11 is 3.33. The van der Waals surface area contributed by atoms with Crippen molar-refractivity contribution in [2.45, 2.75) is 5.92 Å². The maximum absolute atomic E-state index is 10.1. The molecule has 1 unspecified atom stereocenters. The predicted molar refractivity (Wildman–Crippen MR) is 74.3 cm³/mol. The van der Waals surface area contributed by atoms with Gasteiger partial charge in [-0.2, -0.15) is 0 Å². The Morgan fingerprint density at radius 1 is 1.06 bits per heavy atom. The second-order valence-electron chi connectivity index (χ2n) is 3.80. The van der Waals surface area contributed by atoms with Crippen LogP contribution in [0.2, 0.25) is 0 Å². The van der Waals surface area contributed by atoms with Crippen molar-refractivity contribution in [3.8, 4) is 5.75 Å². The number of aromatic hydroxyl groups is 1. The van der Waals surface area contributed by atoms with Crippen LogP contribution in [0.4, 0.5) is 0 Å². The van der Waals surface area contributed by atoms with Gasteiger partial charge in [0.2, 0.25) is 0 Å². The molecule has 17 heavy (non-hydrogen) atoms. The Labute approximate surface area is 110 Å². The highest BCUT2D eigenvalue weighted by atomic mass is 79.9. The number of rotatable bonds is 3. The zero-order valence-electron chi connectivity index (χ0n) is 9.31. The Morgan fingerprint density at radius 3 is 2.41 bits per heavy atom. The van der Waals surface area contributed by atoms with Gasteiger partial charge in [0.25, 0.3) is 0 Å². The fraction of sp³-hybridized carbons (Fsp3) is 0.0667. The molecule has 0 heterocycles. The molecule has 0 amide bonds. The first kappa shape index (κ1) is 11.9. The summed E-state index contributed by atoms with van der Waals surface area (Å²) in [6.45, 7) is 3.86. The molecule has 2 aromatic rings. The van der Waals surface area contributed by atoms with E-state index in [9.17, 15) is 5.11 Å². The minimum atomic E-state index is 0.00806.